The highest BCUT2D eigenvalue weighted by atomic mass is 16.6. The number of aromatic nitrogens is 4. The lowest BCUT2D eigenvalue weighted by molar-refractivity contribution is -0.0511. The summed E-state index contributed by atoms with van der Waals surface area (Å²) >= 11 is 0. The van der Waals surface area contributed by atoms with E-state index >= 15 is 0 Å². The van der Waals surface area contributed by atoms with Crippen LogP contribution in [0.2, 0.25) is 0 Å². The average Bonchev–Trinajstić information content (AvgIpc) is 2.94. The number of nitrogens with zero attached hydrogens (tertiary/aromatic N) is 4. The Morgan fingerprint density at radius 3 is 2.74 bits per heavy atom. The maximum absolute atomic E-state index is 9.95. The van der Waals surface area contributed by atoms with Gasteiger partial charge in [0.15, 0.2) is 17.7 Å². The SMILES string of the molecule is Nc1ncnc2c1ncn2[C@H]1O[C@@H](CO)[C@@H](O)[C@@H]1O. The van der Waals surface area contributed by atoms with Gasteiger partial charge in [-0.15, -0.1) is 0 Å². The van der Waals surface area contributed by atoms with Gasteiger partial charge in [0, 0.05) is 0 Å². The summed E-state index contributed by atoms with van der Waals surface area (Å²) in [5.74, 6) is 0.218. The maximum Gasteiger partial charge on any atom is 0.167 e. The molecule has 1 aliphatic rings. The molecule has 0 bridgehead atoms. The number of rotatable bonds is 2. The zero-order valence-electron chi connectivity index (χ0n) is 9.79. The number of aliphatic hydroxyl groups is 3. The Kier molecular flexibility index (Phi) is 2.82. The maximum atomic E-state index is 9.95. The van der Waals surface area contributed by atoms with Crippen LogP contribution in [0.5, 0.6) is 0 Å². The highest BCUT2D eigenvalue weighted by Gasteiger charge is 2.43. The first-order valence-electron chi connectivity index (χ1n) is 5.69. The van der Waals surface area contributed by atoms with Gasteiger partial charge in [-0.3, -0.25) is 4.57 Å². The molecule has 9 heteroatoms. The number of aliphatic hydroxyl groups excluding tert-OH is 3. The van der Waals surface area contributed by atoms with Crippen LogP contribution < -0.4 is 5.73 Å². The van der Waals surface area contributed by atoms with Gasteiger partial charge in [-0.1, -0.05) is 0 Å². The third-order valence-corrected chi connectivity index (χ3v) is 3.18. The van der Waals surface area contributed by atoms with Crippen molar-refractivity contribution < 1.29 is 20.1 Å². The summed E-state index contributed by atoms with van der Waals surface area (Å²) < 4.78 is 6.85. The fourth-order valence-corrected chi connectivity index (χ4v) is 2.17. The number of imidazole rings is 1. The smallest absolute Gasteiger partial charge is 0.167 e. The van der Waals surface area contributed by atoms with Gasteiger partial charge in [0.1, 0.15) is 30.2 Å². The van der Waals surface area contributed by atoms with Crippen molar-refractivity contribution >= 4 is 17.0 Å². The molecule has 0 aliphatic carbocycles. The van der Waals surface area contributed by atoms with Crippen molar-refractivity contribution in [2.24, 2.45) is 0 Å². The molecule has 1 saturated heterocycles. The third kappa shape index (κ3) is 1.75. The minimum absolute atomic E-state index is 0.218. The molecule has 3 heterocycles. The first-order chi connectivity index (χ1) is 9.13. The Hall–Kier alpha value is -1.81. The van der Waals surface area contributed by atoms with Crippen LogP contribution in [-0.2, 0) is 4.74 Å². The molecular formula is C10H13N5O4. The second-order valence-corrected chi connectivity index (χ2v) is 4.31. The lowest BCUT2D eigenvalue weighted by Gasteiger charge is -2.16. The van der Waals surface area contributed by atoms with Crippen molar-refractivity contribution in [2.75, 3.05) is 12.3 Å². The van der Waals surface area contributed by atoms with Gasteiger partial charge in [-0.05, 0) is 0 Å². The standard InChI is InChI=1S/C10H13N5O4/c11-8-5-9(13-2-12-8)15(3-14-5)10-7(18)6(17)4(1-16)19-10/h2-4,6-7,10,16-18H,1H2,(H2,11,12,13)/t4-,6+,7-,10-/m0/s1. The number of nitrogen functional groups attached to an aromatic ring is 1. The highest BCUT2D eigenvalue weighted by molar-refractivity contribution is 5.81. The molecule has 2 aromatic heterocycles. The first kappa shape index (κ1) is 12.2. The molecule has 0 saturated carbocycles. The summed E-state index contributed by atoms with van der Waals surface area (Å²) in [6.45, 7) is -0.390. The van der Waals surface area contributed by atoms with Crippen LogP contribution in [0.1, 0.15) is 6.23 Å². The molecule has 5 N–H and O–H groups in total. The van der Waals surface area contributed by atoms with E-state index < -0.39 is 31.1 Å². The zero-order chi connectivity index (χ0) is 13.6. The van der Waals surface area contributed by atoms with Crippen molar-refractivity contribution in [3.63, 3.8) is 0 Å². The van der Waals surface area contributed by atoms with E-state index in [1.54, 1.807) is 0 Å². The van der Waals surface area contributed by atoms with Gasteiger partial charge in [0.05, 0.1) is 12.9 Å². The molecule has 4 atom stereocenters. The van der Waals surface area contributed by atoms with E-state index in [-0.39, 0.29) is 5.82 Å². The van der Waals surface area contributed by atoms with E-state index in [1.807, 2.05) is 0 Å². The fraction of sp³-hybridized carbons (Fsp3) is 0.500. The zero-order valence-corrected chi connectivity index (χ0v) is 9.79. The number of hydrogen-bond donors (Lipinski definition) is 4. The quantitative estimate of drug-likeness (QED) is 0.491. The highest BCUT2D eigenvalue weighted by Crippen LogP contribution is 2.31. The molecule has 2 aromatic rings. The Balaban J connectivity index is 2.04. The lowest BCUT2D eigenvalue weighted by atomic mass is 10.1. The van der Waals surface area contributed by atoms with Crippen LogP contribution >= 0.6 is 0 Å². The number of nitrogens with two attached hydrogens (primary N) is 1. The molecule has 0 aromatic carbocycles. The molecule has 3 rings (SSSR count). The van der Waals surface area contributed by atoms with E-state index in [0.717, 1.165) is 0 Å². The van der Waals surface area contributed by atoms with Crippen LogP contribution in [0, 0.1) is 0 Å². The van der Waals surface area contributed by atoms with Crippen LogP contribution in [0.15, 0.2) is 12.7 Å². The van der Waals surface area contributed by atoms with Crippen molar-refractivity contribution in [1.29, 1.82) is 0 Å². The summed E-state index contributed by atoms with van der Waals surface area (Å²) in [6.07, 6.45) is -1.42. The van der Waals surface area contributed by atoms with Crippen molar-refractivity contribution in [3.8, 4) is 0 Å². The Morgan fingerprint density at radius 2 is 2.05 bits per heavy atom. The second-order valence-electron chi connectivity index (χ2n) is 4.31. The third-order valence-electron chi connectivity index (χ3n) is 3.18. The van der Waals surface area contributed by atoms with Crippen molar-refractivity contribution in [1.82, 2.24) is 19.5 Å². The summed E-state index contributed by atoms with van der Waals surface area (Å²) in [5.41, 5.74) is 6.44. The summed E-state index contributed by atoms with van der Waals surface area (Å²) in [6, 6.07) is 0. The van der Waals surface area contributed by atoms with Gasteiger partial charge < -0.3 is 25.8 Å². The van der Waals surface area contributed by atoms with Crippen LogP contribution in [-0.4, -0.2) is 59.8 Å². The minimum Gasteiger partial charge on any atom is -0.394 e. The molecular weight excluding hydrogens is 254 g/mol. The molecule has 19 heavy (non-hydrogen) atoms. The number of fused-ring (bicyclic) bond motifs is 1. The largest absolute Gasteiger partial charge is 0.394 e. The predicted octanol–water partition coefficient (Wildman–Crippen LogP) is -1.98. The Morgan fingerprint density at radius 1 is 1.26 bits per heavy atom. The van der Waals surface area contributed by atoms with Gasteiger partial charge in [-0.2, -0.15) is 0 Å². The van der Waals surface area contributed by atoms with Crippen LogP contribution in [0.3, 0.4) is 0 Å². The second kappa shape index (κ2) is 4.38. The van der Waals surface area contributed by atoms with Crippen molar-refractivity contribution in [2.45, 2.75) is 24.5 Å². The normalized spacial score (nSPS) is 31.1. The lowest BCUT2D eigenvalue weighted by Crippen LogP contribution is -2.33. The van der Waals surface area contributed by atoms with Crippen LogP contribution in [0.4, 0.5) is 5.82 Å². The number of hydrogen-bond acceptors (Lipinski definition) is 8. The van der Waals surface area contributed by atoms with Gasteiger partial charge in [0.2, 0.25) is 0 Å². The predicted molar refractivity (Wildman–Crippen MR) is 62.7 cm³/mol. The van der Waals surface area contributed by atoms with Gasteiger partial charge in [0.25, 0.3) is 0 Å². The molecule has 9 nitrogen and oxygen atoms in total. The Labute approximate surface area is 107 Å². The van der Waals surface area contributed by atoms with E-state index in [9.17, 15) is 10.2 Å². The molecule has 1 aliphatic heterocycles. The molecule has 102 valence electrons. The summed E-state index contributed by atoms with van der Waals surface area (Å²) in [5, 5.41) is 28.7. The molecule has 1 fully saturated rings. The number of anilines is 1. The summed E-state index contributed by atoms with van der Waals surface area (Å²) in [4.78, 5) is 11.9. The average molecular weight is 267 g/mol. The van der Waals surface area contributed by atoms with Gasteiger partial charge >= 0.3 is 0 Å². The summed E-state index contributed by atoms with van der Waals surface area (Å²) in [7, 11) is 0. The topological polar surface area (TPSA) is 140 Å². The van der Waals surface area contributed by atoms with Crippen LogP contribution in [0.25, 0.3) is 11.2 Å². The van der Waals surface area contributed by atoms with Crippen molar-refractivity contribution in [3.05, 3.63) is 12.7 Å². The van der Waals surface area contributed by atoms with E-state index in [0.29, 0.717) is 11.2 Å². The first-order valence-corrected chi connectivity index (χ1v) is 5.69. The molecule has 0 spiro atoms. The van der Waals surface area contributed by atoms with E-state index in [4.69, 9.17) is 15.6 Å². The van der Waals surface area contributed by atoms with Gasteiger partial charge in [-0.25, -0.2) is 15.0 Å². The minimum atomic E-state index is -1.19. The Bertz CT molecular complexity index is 603. The monoisotopic (exact) mass is 267 g/mol. The molecule has 0 amide bonds. The molecule has 0 unspecified atom stereocenters. The fourth-order valence-electron chi connectivity index (χ4n) is 2.17. The van der Waals surface area contributed by atoms with E-state index in [1.165, 1.54) is 17.2 Å². The molecule has 0 radical (unpaired) electrons. The van der Waals surface area contributed by atoms with E-state index in [2.05, 4.69) is 15.0 Å². The number of ether oxygens (including phenoxy) is 1.